The van der Waals surface area contributed by atoms with Crippen molar-refractivity contribution in [2.24, 2.45) is 11.1 Å². The summed E-state index contributed by atoms with van der Waals surface area (Å²) in [6.07, 6.45) is 0. The van der Waals surface area contributed by atoms with Crippen molar-refractivity contribution >= 4 is 67.9 Å². The second kappa shape index (κ2) is 11.3. The van der Waals surface area contributed by atoms with Crippen molar-refractivity contribution in [1.82, 2.24) is 4.57 Å². The molecule has 4 N–H and O–H groups in total. The monoisotopic (exact) mass is 667 g/mol. The fraction of sp³-hybridized carbons (Fsp3) is 0.143. The fourth-order valence-electron chi connectivity index (χ4n) is 5.35. The first kappa shape index (κ1) is 30.2. The Balaban J connectivity index is 1.36. The number of aromatic nitrogens is 1. The Morgan fingerprint density at radius 2 is 1.62 bits per heavy atom. The summed E-state index contributed by atoms with van der Waals surface area (Å²) in [5.74, 6) is -3.49. The number of phenols is 1. The van der Waals surface area contributed by atoms with Crippen LogP contribution in [0.15, 0.2) is 87.5 Å². The summed E-state index contributed by atoms with van der Waals surface area (Å²) in [5.41, 5.74) is 0.762. The molecule has 0 spiro atoms. The summed E-state index contributed by atoms with van der Waals surface area (Å²) < 4.78 is 24.3. The van der Waals surface area contributed by atoms with Crippen molar-refractivity contribution in [3.05, 3.63) is 103 Å². The number of primary sulfonamides is 1. The number of anilines is 2. The van der Waals surface area contributed by atoms with Gasteiger partial charge in [-0.3, -0.25) is 33.9 Å². The van der Waals surface area contributed by atoms with Gasteiger partial charge in [0.05, 0.1) is 26.5 Å². The van der Waals surface area contributed by atoms with E-state index in [2.05, 4.69) is 5.32 Å². The Hall–Kier alpha value is -4.84. The Kier molecular flexibility index (Phi) is 7.56. The number of hydrogen-bond donors (Lipinski definition) is 3. The lowest BCUT2D eigenvalue weighted by Crippen LogP contribution is -2.33. The van der Waals surface area contributed by atoms with Gasteiger partial charge in [-0.25, -0.2) is 18.5 Å². The maximum atomic E-state index is 13.9. The molecule has 4 aromatic rings. The second-order valence-corrected chi connectivity index (χ2v) is 13.8. The van der Waals surface area contributed by atoms with Crippen LogP contribution in [0.25, 0.3) is 0 Å². The number of imide groups is 1. The maximum Gasteiger partial charge on any atom is 0.308 e. The molecule has 0 bridgehead atoms. The SMILES string of the molecule is NS(=O)(=O)c1ccc(NC(=O)Cn2c3c(sc2=O)C(c2ccc(O)cc2)C2C(=O)N(c4ccc([N+](=O)[O-])cc4)C(=O)C2S3)cc1. The van der Waals surface area contributed by atoms with E-state index in [0.717, 1.165) is 28.0 Å². The summed E-state index contributed by atoms with van der Waals surface area (Å²) >= 11 is 1.83. The van der Waals surface area contributed by atoms with E-state index in [1.54, 1.807) is 12.1 Å². The first-order chi connectivity index (χ1) is 21.3. The number of nitrogens with one attached hydrogen (secondary N) is 1. The molecule has 1 fully saturated rings. The summed E-state index contributed by atoms with van der Waals surface area (Å²) in [7, 11) is -3.93. The van der Waals surface area contributed by atoms with E-state index in [1.807, 2.05) is 0 Å². The number of nitrogens with zero attached hydrogens (tertiary/aromatic N) is 3. The third-order valence-corrected chi connectivity index (χ3v) is 10.9. The number of phenolic OH excluding ortho intramolecular Hbond substituents is 1. The molecule has 2 aliphatic rings. The molecule has 0 radical (unpaired) electrons. The van der Waals surface area contributed by atoms with Crippen LogP contribution in [0, 0.1) is 16.0 Å². The molecule has 3 atom stereocenters. The standard InChI is InChI=1S/C28H21N5O9S3/c29-45(41,42)19-11-3-15(4-12-19)30-20(35)13-31-27-24(44-28(31)38)21(14-1-9-18(34)10-2-14)22-23(43-27)26(37)32(25(22)36)16-5-7-17(8-6-16)33(39)40/h1-12,21-23,34H,13H2,(H,30,35)(H2,29,41,42). The highest BCUT2D eigenvalue weighted by molar-refractivity contribution is 8.00. The van der Waals surface area contributed by atoms with Gasteiger partial charge in [0.25, 0.3) is 5.69 Å². The van der Waals surface area contributed by atoms with E-state index in [4.69, 9.17) is 5.14 Å². The number of thioether (sulfide) groups is 1. The Bertz CT molecular complexity index is 2040. The number of nitro groups is 1. The maximum absolute atomic E-state index is 13.9. The van der Waals surface area contributed by atoms with Crippen LogP contribution >= 0.6 is 23.1 Å². The smallest absolute Gasteiger partial charge is 0.308 e. The van der Waals surface area contributed by atoms with E-state index < -0.39 is 61.2 Å². The molecule has 1 saturated heterocycles. The van der Waals surface area contributed by atoms with Crippen LogP contribution in [0.1, 0.15) is 16.4 Å². The minimum absolute atomic E-state index is 0.0263. The molecule has 17 heteroatoms. The van der Waals surface area contributed by atoms with Crippen LogP contribution in [-0.4, -0.2) is 46.0 Å². The Labute approximate surface area is 262 Å². The largest absolute Gasteiger partial charge is 0.508 e. The van der Waals surface area contributed by atoms with E-state index >= 15 is 0 Å². The van der Waals surface area contributed by atoms with Crippen molar-refractivity contribution in [3.8, 4) is 5.75 Å². The molecular formula is C28H21N5O9S3. The first-order valence-corrected chi connectivity index (χ1v) is 16.3. The van der Waals surface area contributed by atoms with E-state index in [9.17, 15) is 42.8 Å². The predicted octanol–water partition coefficient (Wildman–Crippen LogP) is 2.61. The number of amides is 3. The highest BCUT2D eigenvalue weighted by Crippen LogP contribution is 2.54. The summed E-state index contributed by atoms with van der Waals surface area (Å²) in [5, 5.41) is 28.1. The molecule has 3 unspecified atom stereocenters. The lowest BCUT2D eigenvalue weighted by atomic mass is 9.83. The topological polar surface area (TPSA) is 212 Å². The summed E-state index contributed by atoms with van der Waals surface area (Å²) in [6.45, 7) is -0.442. The third-order valence-electron chi connectivity index (χ3n) is 7.39. The minimum Gasteiger partial charge on any atom is -0.508 e. The van der Waals surface area contributed by atoms with Gasteiger partial charge in [-0.1, -0.05) is 35.2 Å². The average Bonchev–Trinajstić information content (AvgIpc) is 3.43. The zero-order chi connectivity index (χ0) is 32.2. The molecule has 3 heterocycles. The number of hydrogen-bond acceptors (Lipinski definition) is 11. The minimum atomic E-state index is -3.93. The van der Waals surface area contributed by atoms with Gasteiger partial charge in [0, 0.05) is 28.6 Å². The molecule has 2 aliphatic heterocycles. The summed E-state index contributed by atoms with van der Waals surface area (Å²) in [4.78, 5) is 65.3. The van der Waals surface area contributed by atoms with E-state index in [0.29, 0.717) is 15.5 Å². The molecule has 1 aromatic heterocycles. The highest BCUT2D eigenvalue weighted by Gasteiger charge is 2.56. The zero-order valence-electron chi connectivity index (χ0n) is 22.7. The first-order valence-electron chi connectivity index (χ1n) is 13.1. The number of nitro benzene ring substituents is 1. The molecule has 3 amide bonds. The quantitative estimate of drug-likeness (QED) is 0.149. The van der Waals surface area contributed by atoms with Crippen molar-refractivity contribution in [1.29, 1.82) is 0 Å². The van der Waals surface area contributed by atoms with Crippen molar-refractivity contribution in [2.75, 3.05) is 10.2 Å². The number of sulfonamides is 1. The number of benzene rings is 3. The molecule has 3 aromatic carbocycles. The number of non-ortho nitro benzene ring substituents is 1. The number of carbonyl (C=O) groups is 3. The number of aromatic hydroxyl groups is 1. The van der Waals surface area contributed by atoms with Gasteiger partial charge >= 0.3 is 4.87 Å². The number of rotatable bonds is 7. The second-order valence-electron chi connectivity index (χ2n) is 10.2. The number of carbonyl (C=O) groups excluding carboxylic acids is 3. The van der Waals surface area contributed by atoms with Crippen LogP contribution in [0.3, 0.4) is 0 Å². The highest BCUT2D eigenvalue weighted by atomic mass is 32.2. The predicted molar refractivity (Wildman–Crippen MR) is 164 cm³/mol. The van der Waals surface area contributed by atoms with Crippen LogP contribution in [0.4, 0.5) is 17.1 Å². The Morgan fingerprint density at radius 1 is 0.978 bits per heavy atom. The molecule has 6 rings (SSSR count). The number of nitrogens with two attached hydrogens (primary N) is 1. The third kappa shape index (κ3) is 5.50. The van der Waals surface area contributed by atoms with Gasteiger partial charge in [-0.2, -0.15) is 0 Å². The van der Waals surface area contributed by atoms with Gasteiger partial charge in [0.2, 0.25) is 27.7 Å². The van der Waals surface area contributed by atoms with Gasteiger partial charge < -0.3 is 10.4 Å². The summed E-state index contributed by atoms with van der Waals surface area (Å²) in [6, 6.07) is 16.2. The molecule has 0 saturated carbocycles. The van der Waals surface area contributed by atoms with Crippen LogP contribution in [0.5, 0.6) is 5.75 Å². The van der Waals surface area contributed by atoms with E-state index in [1.165, 1.54) is 65.2 Å². The van der Waals surface area contributed by atoms with Gasteiger partial charge in [0.1, 0.15) is 17.5 Å². The van der Waals surface area contributed by atoms with Gasteiger partial charge in [-0.15, -0.1) is 0 Å². The Morgan fingerprint density at radius 3 is 2.22 bits per heavy atom. The fourth-order valence-corrected chi connectivity index (χ4v) is 8.63. The molecule has 230 valence electrons. The zero-order valence-corrected chi connectivity index (χ0v) is 25.2. The van der Waals surface area contributed by atoms with Crippen LogP contribution in [-0.2, 0) is 31.0 Å². The lowest BCUT2D eigenvalue weighted by molar-refractivity contribution is -0.384. The molecule has 14 nitrogen and oxygen atoms in total. The number of thiazole rings is 1. The number of fused-ring (bicyclic) bond motifs is 2. The molecule has 0 aliphatic carbocycles. The molecular weight excluding hydrogens is 647 g/mol. The normalized spacial score (nSPS) is 19.2. The average molecular weight is 668 g/mol. The van der Waals surface area contributed by atoms with Gasteiger partial charge in [0.15, 0.2) is 0 Å². The van der Waals surface area contributed by atoms with Crippen molar-refractivity contribution in [3.63, 3.8) is 0 Å². The lowest BCUT2D eigenvalue weighted by Gasteiger charge is -2.30. The van der Waals surface area contributed by atoms with Gasteiger partial charge in [-0.05, 0) is 54.1 Å². The van der Waals surface area contributed by atoms with E-state index in [-0.39, 0.29) is 27.7 Å². The van der Waals surface area contributed by atoms with Crippen molar-refractivity contribution in [2.45, 2.75) is 27.6 Å². The van der Waals surface area contributed by atoms with Crippen molar-refractivity contribution < 1.29 is 32.8 Å². The van der Waals surface area contributed by atoms with Crippen LogP contribution < -0.4 is 20.2 Å². The van der Waals surface area contributed by atoms with Crippen LogP contribution in [0.2, 0.25) is 0 Å². The molecule has 45 heavy (non-hydrogen) atoms.